The highest BCUT2D eigenvalue weighted by Gasteiger charge is 2.34. The van der Waals surface area contributed by atoms with Crippen molar-refractivity contribution >= 4 is 11.4 Å². The van der Waals surface area contributed by atoms with E-state index in [4.69, 9.17) is 5.73 Å². The number of nitrogens with one attached hydrogen (secondary N) is 1. The molecule has 1 aromatic heterocycles. The smallest absolute Gasteiger partial charge is 0.131 e. The van der Waals surface area contributed by atoms with Crippen LogP contribution in [-0.4, -0.2) is 23.1 Å². The van der Waals surface area contributed by atoms with E-state index in [0.717, 1.165) is 17.7 Å². The largest absolute Gasteiger partial charge is 0.383 e. The van der Waals surface area contributed by atoms with Gasteiger partial charge in [-0.25, -0.2) is 9.97 Å². The van der Waals surface area contributed by atoms with E-state index in [1.165, 1.54) is 47.9 Å². The van der Waals surface area contributed by atoms with E-state index in [2.05, 4.69) is 61.0 Å². The zero-order chi connectivity index (χ0) is 19.2. The maximum absolute atomic E-state index is 6.20. The Hall–Kier alpha value is -2.20. The van der Waals surface area contributed by atoms with Crippen molar-refractivity contribution in [3.63, 3.8) is 0 Å². The minimum absolute atomic E-state index is 0.0709. The third-order valence-corrected chi connectivity index (χ3v) is 6.55. The normalized spacial score (nSPS) is 23.4. The van der Waals surface area contributed by atoms with Gasteiger partial charge in [0.2, 0.25) is 0 Å². The molecule has 3 N–H and O–H groups in total. The van der Waals surface area contributed by atoms with Crippen molar-refractivity contribution in [3.05, 3.63) is 47.8 Å². The number of hydrogen-bond donors (Lipinski definition) is 2. The van der Waals surface area contributed by atoms with Crippen molar-refractivity contribution in [1.82, 2.24) is 15.3 Å². The first kappa shape index (κ1) is 18.2. The Morgan fingerprint density at radius 3 is 2.63 bits per heavy atom. The number of anilines is 1. The number of nitrogens with zero attached hydrogens (tertiary/aromatic N) is 2. The van der Waals surface area contributed by atoms with Crippen LogP contribution in [0.15, 0.2) is 31.1 Å². The van der Waals surface area contributed by atoms with E-state index in [1.807, 2.05) is 0 Å². The summed E-state index contributed by atoms with van der Waals surface area (Å²) in [4.78, 5) is 8.81. The van der Waals surface area contributed by atoms with Crippen LogP contribution in [0.25, 0.3) is 16.8 Å². The lowest BCUT2D eigenvalue weighted by atomic mass is 9.71. The van der Waals surface area contributed by atoms with Gasteiger partial charge in [-0.15, -0.1) is 0 Å². The number of hydrogen-bond acceptors (Lipinski definition) is 4. The number of nitrogens with two attached hydrogens (primary N) is 1. The summed E-state index contributed by atoms with van der Waals surface area (Å²) in [7, 11) is 2.07. The molecule has 2 aromatic rings. The number of fused-ring (bicyclic) bond motifs is 3. The molecule has 0 unspecified atom stereocenters. The van der Waals surface area contributed by atoms with E-state index >= 15 is 0 Å². The summed E-state index contributed by atoms with van der Waals surface area (Å²) in [5.41, 5.74) is 13.3. The third kappa shape index (κ3) is 3.16. The highest BCUT2D eigenvalue weighted by Crippen LogP contribution is 2.45. The summed E-state index contributed by atoms with van der Waals surface area (Å²) in [6, 6.07) is 7.42. The summed E-state index contributed by atoms with van der Waals surface area (Å²) in [6.45, 7) is 8.94. The lowest BCUT2D eigenvalue weighted by Gasteiger charge is -2.34. The van der Waals surface area contributed by atoms with Gasteiger partial charge in [-0.05, 0) is 67.2 Å². The third-order valence-electron chi connectivity index (χ3n) is 6.55. The summed E-state index contributed by atoms with van der Waals surface area (Å²) in [6.07, 6.45) is 7.44. The molecule has 1 heterocycles. The van der Waals surface area contributed by atoms with Gasteiger partial charge >= 0.3 is 0 Å². The molecule has 2 aliphatic rings. The fraction of sp³-hybridized carbons (Fsp3) is 0.478. The molecule has 0 aliphatic heterocycles. The molecule has 1 aromatic carbocycles. The maximum atomic E-state index is 6.20. The van der Waals surface area contributed by atoms with Gasteiger partial charge in [-0.2, -0.15) is 0 Å². The van der Waals surface area contributed by atoms with Crippen LogP contribution < -0.4 is 11.1 Å². The first-order valence-electron chi connectivity index (χ1n) is 10.0. The Labute approximate surface area is 162 Å². The monoisotopic (exact) mass is 362 g/mol. The Kier molecular flexibility index (Phi) is 4.55. The predicted molar refractivity (Wildman–Crippen MR) is 112 cm³/mol. The van der Waals surface area contributed by atoms with Crippen molar-refractivity contribution in [2.24, 2.45) is 5.92 Å². The van der Waals surface area contributed by atoms with Crippen LogP contribution in [0.5, 0.6) is 0 Å². The van der Waals surface area contributed by atoms with Crippen molar-refractivity contribution in [1.29, 1.82) is 0 Å². The van der Waals surface area contributed by atoms with Gasteiger partial charge in [0.25, 0.3) is 0 Å². The quantitative estimate of drug-likeness (QED) is 0.852. The fourth-order valence-corrected chi connectivity index (χ4v) is 4.97. The fourth-order valence-electron chi connectivity index (χ4n) is 4.97. The second-order valence-electron chi connectivity index (χ2n) is 8.78. The molecule has 0 saturated heterocycles. The van der Waals surface area contributed by atoms with Crippen LogP contribution >= 0.6 is 0 Å². The summed E-state index contributed by atoms with van der Waals surface area (Å²) in [5.74, 6) is 1.19. The molecule has 4 rings (SSSR count). The van der Waals surface area contributed by atoms with Gasteiger partial charge in [0.15, 0.2) is 0 Å². The van der Waals surface area contributed by atoms with Crippen LogP contribution in [0, 0.1) is 5.92 Å². The first-order chi connectivity index (χ1) is 12.9. The van der Waals surface area contributed by atoms with Gasteiger partial charge < -0.3 is 11.1 Å². The van der Waals surface area contributed by atoms with E-state index in [-0.39, 0.29) is 5.41 Å². The Morgan fingerprint density at radius 1 is 1.19 bits per heavy atom. The highest BCUT2D eigenvalue weighted by molar-refractivity contribution is 5.78. The number of benzene rings is 1. The van der Waals surface area contributed by atoms with Gasteiger partial charge in [-0.1, -0.05) is 38.6 Å². The number of allylic oxidation sites excluding steroid dienone is 1. The predicted octanol–water partition coefficient (Wildman–Crippen LogP) is 4.35. The van der Waals surface area contributed by atoms with Crippen LogP contribution in [-0.2, 0) is 11.8 Å². The van der Waals surface area contributed by atoms with Crippen LogP contribution in [0.4, 0.5) is 5.82 Å². The molecule has 2 aliphatic carbocycles. The molecule has 4 nitrogen and oxygen atoms in total. The molecule has 0 atom stereocenters. The first-order valence-corrected chi connectivity index (χ1v) is 10.0. The van der Waals surface area contributed by atoms with E-state index in [9.17, 15) is 0 Å². The molecule has 142 valence electrons. The topological polar surface area (TPSA) is 63.8 Å². The average molecular weight is 363 g/mol. The van der Waals surface area contributed by atoms with Crippen molar-refractivity contribution < 1.29 is 0 Å². The molecule has 0 spiro atoms. The van der Waals surface area contributed by atoms with Crippen LogP contribution in [0.1, 0.15) is 56.2 Å². The molecular weight excluding hydrogens is 332 g/mol. The Balaban J connectivity index is 1.66. The second-order valence-corrected chi connectivity index (χ2v) is 8.78. The average Bonchev–Trinajstić information content (AvgIpc) is 2.66. The molecule has 1 fully saturated rings. The molecule has 1 saturated carbocycles. The highest BCUT2D eigenvalue weighted by atomic mass is 14.9. The summed E-state index contributed by atoms with van der Waals surface area (Å²) >= 11 is 0. The second kappa shape index (κ2) is 6.75. The van der Waals surface area contributed by atoms with Gasteiger partial charge in [-0.3, -0.25) is 0 Å². The minimum atomic E-state index is -0.0709. The Bertz CT molecular complexity index is 876. The number of rotatable bonds is 3. The molecule has 0 radical (unpaired) electrons. The number of aromatic nitrogens is 2. The molecule has 27 heavy (non-hydrogen) atoms. The summed E-state index contributed by atoms with van der Waals surface area (Å²) in [5, 5.41) is 3.42. The van der Waals surface area contributed by atoms with E-state index in [1.54, 1.807) is 6.33 Å². The number of nitrogen functional groups attached to an aromatic ring is 1. The summed E-state index contributed by atoms with van der Waals surface area (Å²) < 4.78 is 0. The van der Waals surface area contributed by atoms with Crippen LogP contribution in [0.2, 0.25) is 0 Å². The van der Waals surface area contributed by atoms with Crippen molar-refractivity contribution in [2.75, 3.05) is 12.8 Å². The van der Waals surface area contributed by atoms with Gasteiger partial charge in [0.05, 0.1) is 5.69 Å². The lowest BCUT2D eigenvalue weighted by molar-refractivity contribution is 0.349. The molecule has 4 heteroatoms. The zero-order valence-corrected chi connectivity index (χ0v) is 16.7. The molecule has 0 bridgehead atoms. The SMILES string of the molecule is C=C(c1ccc2c(c1)CC(C)(C)c1c(N)ncnc1-2)C1CCC(NC)CC1. The standard InChI is InChI=1S/C23H30N4/c1-14(15-5-8-18(25-4)9-6-15)16-7-10-19-17(11-16)12-23(2,3)20-21(19)26-13-27-22(20)24/h7,10-11,13,15,18,25H,1,5-6,8-9,12H2,2-4H3,(H2,24,26,27). The van der Waals surface area contributed by atoms with E-state index in [0.29, 0.717) is 17.8 Å². The Morgan fingerprint density at radius 2 is 1.93 bits per heavy atom. The van der Waals surface area contributed by atoms with E-state index < -0.39 is 0 Å². The van der Waals surface area contributed by atoms with Gasteiger partial charge in [0, 0.05) is 17.2 Å². The minimum Gasteiger partial charge on any atom is -0.383 e. The molecule has 0 amide bonds. The zero-order valence-electron chi connectivity index (χ0n) is 16.7. The van der Waals surface area contributed by atoms with Crippen molar-refractivity contribution in [3.8, 4) is 11.3 Å². The van der Waals surface area contributed by atoms with Crippen molar-refractivity contribution in [2.45, 2.75) is 57.4 Å². The van der Waals surface area contributed by atoms with Gasteiger partial charge in [0.1, 0.15) is 12.1 Å². The van der Waals surface area contributed by atoms with Crippen LogP contribution in [0.3, 0.4) is 0 Å². The molecular formula is C23H30N4. The maximum Gasteiger partial charge on any atom is 0.131 e. The lowest BCUT2D eigenvalue weighted by Crippen LogP contribution is -2.30.